The Labute approximate surface area is 136 Å². The number of aliphatic imine (C=N–C) groups is 2. The lowest BCUT2D eigenvalue weighted by molar-refractivity contribution is 0.0254. The molecule has 2 N–H and O–H groups in total. The van der Waals surface area contributed by atoms with Crippen molar-refractivity contribution in [3.63, 3.8) is 0 Å². The van der Waals surface area contributed by atoms with E-state index in [-0.39, 0.29) is 12.1 Å². The molecule has 6 nitrogen and oxygen atoms in total. The number of guanidine groups is 1. The molecule has 0 saturated carbocycles. The van der Waals surface area contributed by atoms with Crippen molar-refractivity contribution in [2.24, 2.45) is 15.7 Å². The largest absolute Gasteiger partial charge is 0.489 e. The first-order valence-electron chi connectivity index (χ1n) is 7.44. The van der Waals surface area contributed by atoms with Gasteiger partial charge >= 0.3 is 0 Å². The van der Waals surface area contributed by atoms with Crippen molar-refractivity contribution in [2.45, 2.75) is 25.9 Å². The standard InChI is InChI=1S/C17H20N4O2/c1-3-15(21-17(19)20-2)12-4-5-16(13(10-12)11-18)23-14-6-8-22-9-7-14/h3-5,10,14H,2,6-9H2,1H3,(H2,19,21)/b15-3-. The molecule has 0 atom stereocenters. The Bertz CT molecular complexity index is 668. The molecule has 1 aromatic carbocycles. The zero-order valence-corrected chi connectivity index (χ0v) is 13.2. The summed E-state index contributed by atoms with van der Waals surface area (Å²) in [5, 5.41) is 9.39. The molecule has 0 radical (unpaired) electrons. The van der Waals surface area contributed by atoms with E-state index in [9.17, 15) is 5.26 Å². The van der Waals surface area contributed by atoms with Crippen LogP contribution in [0.15, 0.2) is 34.3 Å². The minimum Gasteiger partial charge on any atom is -0.489 e. The SMILES string of the molecule is C=N/C(N)=N\C(=C/C)c1ccc(OC2CCOCC2)c(C#N)c1. The third kappa shape index (κ3) is 4.41. The van der Waals surface area contributed by atoms with Crippen LogP contribution >= 0.6 is 0 Å². The van der Waals surface area contributed by atoms with E-state index in [1.54, 1.807) is 18.2 Å². The maximum atomic E-state index is 9.39. The van der Waals surface area contributed by atoms with Crippen LogP contribution in [0.4, 0.5) is 0 Å². The molecular formula is C17H20N4O2. The Morgan fingerprint density at radius 2 is 2.22 bits per heavy atom. The van der Waals surface area contributed by atoms with Gasteiger partial charge in [0.05, 0.1) is 24.5 Å². The normalized spacial score (nSPS) is 16.7. The van der Waals surface area contributed by atoms with Crippen molar-refractivity contribution < 1.29 is 9.47 Å². The van der Waals surface area contributed by atoms with Crippen molar-refractivity contribution in [1.29, 1.82) is 5.26 Å². The number of hydrogen-bond acceptors (Lipinski definition) is 4. The van der Waals surface area contributed by atoms with Crippen molar-refractivity contribution in [3.8, 4) is 11.8 Å². The highest BCUT2D eigenvalue weighted by atomic mass is 16.5. The van der Waals surface area contributed by atoms with Crippen LogP contribution in [0.2, 0.25) is 0 Å². The molecule has 1 fully saturated rings. The minimum absolute atomic E-state index is 0.0825. The number of rotatable bonds is 4. The molecule has 6 heteroatoms. The first-order valence-corrected chi connectivity index (χ1v) is 7.44. The third-order valence-corrected chi connectivity index (χ3v) is 3.53. The van der Waals surface area contributed by atoms with Crippen LogP contribution in [-0.2, 0) is 4.74 Å². The minimum atomic E-state index is 0.0825. The Kier molecular flexibility index (Phi) is 5.89. The molecule has 1 saturated heterocycles. The van der Waals surface area contributed by atoms with Crippen LogP contribution < -0.4 is 10.5 Å². The van der Waals surface area contributed by atoms with Gasteiger partial charge in [-0.15, -0.1) is 0 Å². The fraction of sp³-hybridized carbons (Fsp3) is 0.353. The lowest BCUT2D eigenvalue weighted by Crippen LogP contribution is -2.26. The number of benzene rings is 1. The third-order valence-electron chi connectivity index (χ3n) is 3.53. The molecule has 0 aliphatic carbocycles. The van der Waals surface area contributed by atoms with Crippen LogP contribution in [0, 0.1) is 11.3 Å². The Hall–Kier alpha value is -2.65. The molecule has 0 bridgehead atoms. The summed E-state index contributed by atoms with van der Waals surface area (Å²) in [7, 11) is 0. The van der Waals surface area contributed by atoms with Gasteiger partial charge in [0.1, 0.15) is 17.9 Å². The van der Waals surface area contributed by atoms with Crippen LogP contribution in [0.25, 0.3) is 5.70 Å². The van der Waals surface area contributed by atoms with Crippen LogP contribution in [0.5, 0.6) is 5.75 Å². The molecule has 0 aromatic heterocycles. The van der Waals surface area contributed by atoms with Gasteiger partial charge in [0.2, 0.25) is 5.96 Å². The van der Waals surface area contributed by atoms with Crippen molar-refractivity contribution >= 4 is 18.4 Å². The highest BCUT2D eigenvalue weighted by Gasteiger charge is 2.17. The van der Waals surface area contributed by atoms with E-state index in [2.05, 4.69) is 22.8 Å². The summed E-state index contributed by atoms with van der Waals surface area (Å²) in [4.78, 5) is 7.74. The highest BCUT2D eigenvalue weighted by Crippen LogP contribution is 2.26. The van der Waals surface area contributed by atoms with E-state index in [1.165, 1.54) is 0 Å². The summed E-state index contributed by atoms with van der Waals surface area (Å²) in [6, 6.07) is 7.56. The molecule has 0 spiro atoms. The van der Waals surface area contributed by atoms with Gasteiger partial charge in [-0.05, 0) is 31.8 Å². The molecule has 23 heavy (non-hydrogen) atoms. The monoisotopic (exact) mass is 312 g/mol. The maximum Gasteiger partial charge on any atom is 0.219 e. The van der Waals surface area contributed by atoms with E-state index < -0.39 is 0 Å². The number of nitriles is 1. The summed E-state index contributed by atoms with van der Waals surface area (Å²) in [6.07, 6.45) is 3.55. The fourth-order valence-corrected chi connectivity index (χ4v) is 2.31. The van der Waals surface area contributed by atoms with Gasteiger partial charge in [0.25, 0.3) is 0 Å². The zero-order valence-electron chi connectivity index (χ0n) is 13.2. The van der Waals surface area contributed by atoms with E-state index in [4.69, 9.17) is 15.2 Å². The lowest BCUT2D eigenvalue weighted by Gasteiger charge is -2.23. The van der Waals surface area contributed by atoms with Crippen LogP contribution in [0.1, 0.15) is 30.9 Å². The Balaban J connectivity index is 2.25. The molecule has 2 rings (SSSR count). The van der Waals surface area contributed by atoms with E-state index in [1.807, 2.05) is 13.0 Å². The molecule has 1 aliphatic heterocycles. The van der Waals surface area contributed by atoms with Crippen molar-refractivity contribution in [2.75, 3.05) is 13.2 Å². The summed E-state index contributed by atoms with van der Waals surface area (Å²) >= 11 is 0. The quantitative estimate of drug-likeness (QED) is 0.682. The predicted molar refractivity (Wildman–Crippen MR) is 90.4 cm³/mol. The average molecular weight is 312 g/mol. The molecular weight excluding hydrogens is 292 g/mol. The van der Waals surface area contributed by atoms with E-state index in [0.717, 1.165) is 18.4 Å². The summed E-state index contributed by atoms with van der Waals surface area (Å²) in [5.41, 5.74) is 7.46. The number of nitrogens with zero attached hydrogens (tertiary/aromatic N) is 3. The molecule has 1 aliphatic rings. The van der Waals surface area contributed by atoms with Gasteiger partial charge in [-0.25, -0.2) is 9.98 Å². The second kappa shape index (κ2) is 8.11. The summed E-state index contributed by atoms with van der Waals surface area (Å²) in [5.74, 6) is 0.663. The van der Waals surface area contributed by atoms with Crippen molar-refractivity contribution in [1.82, 2.24) is 0 Å². The second-order valence-corrected chi connectivity index (χ2v) is 5.05. The zero-order chi connectivity index (χ0) is 16.7. The van der Waals surface area contributed by atoms with Crippen LogP contribution in [0.3, 0.4) is 0 Å². The van der Waals surface area contributed by atoms with E-state index >= 15 is 0 Å². The average Bonchev–Trinajstić information content (AvgIpc) is 2.60. The van der Waals surface area contributed by atoms with Crippen molar-refractivity contribution in [3.05, 3.63) is 35.4 Å². The molecule has 0 unspecified atom stereocenters. The number of ether oxygens (including phenoxy) is 2. The van der Waals surface area contributed by atoms with Gasteiger partial charge in [-0.2, -0.15) is 5.26 Å². The number of nitrogens with two attached hydrogens (primary N) is 1. The fourth-order valence-electron chi connectivity index (χ4n) is 2.31. The van der Waals surface area contributed by atoms with Gasteiger partial charge in [0.15, 0.2) is 0 Å². The highest BCUT2D eigenvalue weighted by molar-refractivity contribution is 5.88. The number of hydrogen-bond donors (Lipinski definition) is 1. The molecule has 1 heterocycles. The topological polar surface area (TPSA) is 93.0 Å². The number of allylic oxidation sites excluding steroid dienone is 1. The first-order chi connectivity index (χ1) is 11.2. The molecule has 120 valence electrons. The Morgan fingerprint density at radius 1 is 1.48 bits per heavy atom. The smallest absolute Gasteiger partial charge is 0.219 e. The summed E-state index contributed by atoms with van der Waals surface area (Å²) in [6.45, 7) is 6.56. The predicted octanol–water partition coefficient (Wildman–Crippen LogP) is 2.49. The molecule has 0 amide bonds. The summed E-state index contributed by atoms with van der Waals surface area (Å²) < 4.78 is 11.3. The van der Waals surface area contributed by atoms with Gasteiger partial charge in [0, 0.05) is 18.4 Å². The second-order valence-electron chi connectivity index (χ2n) is 5.05. The Morgan fingerprint density at radius 3 is 2.83 bits per heavy atom. The van der Waals surface area contributed by atoms with Gasteiger partial charge < -0.3 is 15.2 Å². The van der Waals surface area contributed by atoms with Gasteiger partial charge in [-0.1, -0.05) is 6.08 Å². The van der Waals surface area contributed by atoms with Crippen LogP contribution in [-0.4, -0.2) is 32.0 Å². The lowest BCUT2D eigenvalue weighted by atomic mass is 10.1. The molecule has 1 aromatic rings. The van der Waals surface area contributed by atoms with E-state index in [0.29, 0.717) is 30.2 Å². The first kappa shape index (κ1) is 16.7. The maximum absolute atomic E-state index is 9.39. The van der Waals surface area contributed by atoms with Gasteiger partial charge in [-0.3, -0.25) is 0 Å².